The highest BCUT2D eigenvalue weighted by Gasteiger charge is 2.33. The number of aryl methyl sites for hydroxylation is 12. The van der Waals surface area contributed by atoms with Crippen molar-refractivity contribution in [1.82, 2.24) is 9.13 Å². The summed E-state index contributed by atoms with van der Waals surface area (Å²) in [5.41, 5.74) is 27.8. The maximum atomic E-state index is 15.4. The van der Waals surface area contributed by atoms with Crippen molar-refractivity contribution in [2.75, 3.05) is 0 Å². The summed E-state index contributed by atoms with van der Waals surface area (Å²) >= 11 is 0. The molecule has 0 atom stereocenters. The summed E-state index contributed by atoms with van der Waals surface area (Å²) in [5.74, 6) is 0. The van der Waals surface area contributed by atoms with Gasteiger partial charge in [0.1, 0.15) is 6.07 Å². The standard InChI is InChI=1S/C74H62F3N3/c1-40-26-44(5)69(45(6)27-40)52-16-21-64-59(34-52)60-35-53(70-46(7)28-41(2)29-47(70)8)17-22-65(60)79(64)66-25-20-57(74(75,76)77)38-63(66)58-15-13-14-56(39-78)73(58)80-67-23-18-54(71-48(9)30-42(3)31-49(71)10)36-61(67)62-37-55(19-24-68(62)80)72-50(11)32-43(4)33-51(72)12/h13-38H,1-12H3. The van der Waals surface area contributed by atoms with Crippen LogP contribution in [0.3, 0.4) is 0 Å². The van der Waals surface area contributed by atoms with Gasteiger partial charge in [-0.05, 0) is 245 Å². The molecule has 394 valence electrons. The molecule has 2 aromatic heterocycles. The molecule has 0 aliphatic rings. The monoisotopic (exact) mass is 1050 g/mol. The summed E-state index contributed by atoms with van der Waals surface area (Å²) in [5, 5.41) is 15.2. The van der Waals surface area contributed by atoms with Gasteiger partial charge in [-0.2, -0.15) is 18.4 Å². The van der Waals surface area contributed by atoms with Crippen LogP contribution in [0, 0.1) is 94.4 Å². The van der Waals surface area contributed by atoms with Crippen LogP contribution in [-0.2, 0) is 6.18 Å². The third-order valence-corrected chi connectivity index (χ3v) is 16.6. The van der Waals surface area contributed by atoms with E-state index in [-0.39, 0.29) is 0 Å². The van der Waals surface area contributed by atoms with Crippen molar-refractivity contribution >= 4 is 43.6 Å². The second kappa shape index (κ2) is 19.2. The number of fused-ring (bicyclic) bond motifs is 6. The molecule has 6 heteroatoms. The van der Waals surface area contributed by atoms with Gasteiger partial charge in [0.2, 0.25) is 0 Å². The van der Waals surface area contributed by atoms with Crippen LogP contribution in [0.15, 0.2) is 158 Å². The molecule has 2 heterocycles. The van der Waals surface area contributed by atoms with Crippen molar-refractivity contribution in [3.63, 3.8) is 0 Å². The van der Waals surface area contributed by atoms with Crippen molar-refractivity contribution in [3.8, 4) is 73.1 Å². The van der Waals surface area contributed by atoms with Crippen LogP contribution < -0.4 is 0 Å². The first-order valence-electron chi connectivity index (χ1n) is 27.4. The maximum absolute atomic E-state index is 15.4. The van der Waals surface area contributed by atoms with Crippen molar-refractivity contribution in [2.24, 2.45) is 0 Å². The van der Waals surface area contributed by atoms with E-state index in [9.17, 15) is 5.26 Å². The van der Waals surface area contributed by atoms with E-state index < -0.39 is 11.7 Å². The molecule has 12 rings (SSSR count). The Balaban J connectivity index is 1.18. The van der Waals surface area contributed by atoms with E-state index in [0.29, 0.717) is 28.1 Å². The largest absolute Gasteiger partial charge is 0.416 e. The van der Waals surface area contributed by atoms with Crippen LogP contribution in [-0.4, -0.2) is 9.13 Å². The number of hydrogen-bond donors (Lipinski definition) is 0. The maximum Gasteiger partial charge on any atom is 0.416 e. The Morgan fingerprint density at radius 3 is 0.988 bits per heavy atom. The zero-order chi connectivity index (χ0) is 56.4. The normalized spacial score (nSPS) is 11.9. The highest BCUT2D eigenvalue weighted by molar-refractivity contribution is 6.14. The Bertz CT molecular complexity index is 4340. The van der Waals surface area contributed by atoms with Crippen LogP contribution in [0.4, 0.5) is 13.2 Å². The number of nitriles is 1. The minimum atomic E-state index is -4.67. The first-order chi connectivity index (χ1) is 38.2. The molecule has 0 amide bonds. The van der Waals surface area contributed by atoms with E-state index >= 15 is 13.2 Å². The number of para-hydroxylation sites is 1. The Hall–Kier alpha value is -8.92. The third kappa shape index (κ3) is 8.50. The van der Waals surface area contributed by atoms with Crippen LogP contribution in [0.25, 0.3) is 111 Å². The van der Waals surface area contributed by atoms with Gasteiger partial charge in [0, 0.05) is 32.7 Å². The fourth-order valence-corrected chi connectivity index (χ4v) is 13.9. The van der Waals surface area contributed by atoms with Crippen molar-refractivity contribution in [3.05, 3.63) is 236 Å². The van der Waals surface area contributed by atoms with Gasteiger partial charge in [-0.25, -0.2) is 0 Å². The Morgan fingerprint density at radius 1 is 0.350 bits per heavy atom. The Labute approximate surface area is 466 Å². The molecule has 0 N–H and O–H groups in total. The fraction of sp³-hybridized carbons (Fsp3) is 0.176. The van der Waals surface area contributed by atoms with E-state index in [0.717, 1.165) is 88.1 Å². The molecule has 12 aromatic rings. The van der Waals surface area contributed by atoms with Crippen LogP contribution in [0.2, 0.25) is 0 Å². The molecular formula is C74H62F3N3. The van der Waals surface area contributed by atoms with Gasteiger partial charge in [-0.3, -0.25) is 0 Å². The third-order valence-electron chi connectivity index (χ3n) is 16.6. The van der Waals surface area contributed by atoms with Crippen LogP contribution in [0.5, 0.6) is 0 Å². The molecule has 0 radical (unpaired) electrons. The molecule has 0 unspecified atom stereocenters. The number of hydrogen-bond acceptors (Lipinski definition) is 1. The molecule has 80 heavy (non-hydrogen) atoms. The predicted octanol–water partition coefficient (Wildman–Crippen LogP) is 20.8. The first kappa shape index (κ1) is 51.8. The average Bonchev–Trinajstić information content (AvgIpc) is 3.08. The summed E-state index contributed by atoms with van der Waals surface area (Å²) in [6, 6.07) is 55.8. The molecule has 10 aromatic carbocycles. The van der Waals surface area contributed by atoms with Gasteiger partial charge in [0.25, 0.3) is 0 Å². The zero-order valence-corrected chi connectivity index (χ0v) is 47.5. The minimum absolute atomic E-state index is 0.331. The van der Waals surface area contributed by atoms with Gasteiger partial charge in [0.05, 0.1) is 44.6 Å². The quantitative estimate of drug-likeness (QED) is 0.157. The molecule has 3 nitrogen and oxygen atoms in total. The molecule has 0 spiro atoms. The number of benzene rings is 10. The number of alkyl halides is 3. The van der Waals surface area contributed by atoms with Gasteiger partial charge in [-0.1, -0.05) is 107 Å². The highest BCUT2D eigenvalue weighted by atomic mass is 19.4. The summed E-state index contributed by atoms with van der Waals surface area (Å²) in [4.78, 5) is 0. The second-order valence-electron chi connectivity index (χ2n) is 22.7. The lowest BCUT2D eigenvalue weighted by molar-refractivity contribution is -0.137. The topological polar surface area (TPSA) is 33.6 Å². The van der Waals surface area contributed by atoms with Gasteiger partial charge in [-0.15, -0.1) is 0 Å². The average molecular weight is 1050 g/mol. The lowest BCUT2D eigenvalue weighted by atomic mass is 9.91. The summed E-state index contributed by atoms with van der Waals surface area (Å²) < 4.78 is 50.6. The molecule has 0 fully saturated rings. The molecule has 0 aliphatic heterocycles. The van der Waals surface area contributed by atoms with E-state index in [1.165, 1.54) is 78.9 Å². The van der Waals surface area contributed by atoms with Gasteiger partial charge >= 0.3 is 6.18 Å². The number of halogens is 3. The van der Waals surface area contributed by atoms with E-state index in [1.807, 2.05) is 6.07 Å². The highest BCUT2D eigenvalue weighted by Crippen LogP contribution is 2.47. The van der Waals surface area contributed by atoms with Gasteiger partial charge < -0.3 is 9.13 Å². The minimum Gasteiger partial charge on any atom is -0.309 e. The summed E-state index contributed by atoms with van der Waals surface area (Å²) in [6.07, 6.45) is -4.67. The lowest BCUT2D eigenvalue weighted by Crippen LogP contribution is -2.08. The lowest BCUT2D eigenvalue weighted by Gasteiger charge is -2.21. The smallest absolute Gasteiger partial charge is 0.309 e. The Kier molecular flexibility index (Phi) is 12.4. The first-order valence-corrected chi connectivity index (χ1v) is 27.4. The number of nitrogens with zero attached hydrogens (tertiary/aromatic N) is 3. The van der Waals surface area contributed by atoms with E-state index in [4.69, 9.17) is 0 Å². The molecule has 0 aliphatic carbocycles. The Morgan fingerprint density at radius 2 is 0.675 bits per heavy atom. The van der Waals surface area contributed by atoms with Gasteiger partial charge in [0.15, 0.2) is 0 Å². The van der Waals surface area contributed by atoms with Crippen molar-refractivity contribution in [2.45, 2.75) is 89.3 Å². The molecule has 0 bridgehead atoms. The molecule has 0 saturated heterocycles. The second-order valence-corrected chi connectivity index (χ2v) is 22.7. The van der Waals surface area contributed by atoms with Crippen LogP contribution >= 0.6 is 0 Å². The summed E-state index contributed by atoms with van der Waals surface area (Å²) in [7, 11) is 0. The van der Waals surface area contributed by atoms with Crippen molar-refractivity contribution < 1.29 is 13.2 Å². The van der Waals surface area contributed by atoms with E-state index in [1.54, 1.807) is 18.2 Å². The van der Waals surface area contributed by atoms with Crippen molar-refractivity contribution in [1.29, 1.82) is 5.26 Å². The van der Waals surface area contributed by atoms with E-state index in [2.05, 4.69) is 220 Å². The molecule has 0 saturated carbocycles. The summed E-state index contributed by atoms with van der Waals surface area (Å²) in [6.45, 7) is 25.7. The predicted molar refractivity (Wildman–Crippen MR) is 329 cm³/mol. The zero-order valence-electron chi connectivity index (χ0n) is 47.5. The molecular weight excluding hydrogens is 988 g/mol. The fourth-order valence-electron chi connectivity index (χ4n) is 13.9. The van der Waals surface area contributed by atoms with Crippen LogP contribution in [0.1, 0.15) is 77.9 Å². The number of aromatic nitrogens is 2. The SMILES string of the molecule is Cc1cc(C)c(-c2ccc3c(c2)c2cc(-c4c(C)cc(C)cc4C)ccc2n3-c2ccc(C(F)(F)F)cc2-c2cccc(C#N)c2-n2c3ccc(-c4c(C)cc(C)cc4C)cc3c3cc(-c4c(C)cc(C)cc4C)ccc32)c(C)c1. The number of rotatable bonds is 7.